The Morgan fingerprint density at radius 3 is 2.76 bits per heavy atom. The lowest BCUT2D eigenvalue weighted by molar-refractivity contribution is 0.0594. The maximum Gasteiger partial charge on any atom is 0.356 e. The van der Waals surface area contributed by atoms with Gasteiger partial charge in [-0.25, -0.2) is 9.78 Å². The van der Waals surface area contributed by atoms with Crippen molar-refractivity contribution in [3.05, 3.63) is 47.8 Å². The van der Waals surface area contributed by atoms with Crippen LogP contribution in [0.15, 0.2) is 36.5 Å². The molecular formula is C15H17N3O3. The van der Waals surface area contributed by atoms with Crippen LogP contribution in [0.25, 0.3) is 0 Å². The van der Waals surface area contributed by atoms with Crippen LogP contribution in [0.2, 0.25) is 0 Å². The van der Waals surface area contributed by atoms with Crippen molar-refractivity contribution in [2.45, 2.75) is 6.54 Å². The minimum Gasteiger partial charge on any atom is -0.495 e. The van der Waals surface area contributed by atoms with Crippen molar-refractivity contribution in [2.75, 3.05) is 25.3 Å². The number of esters is 1. The summed E-state index contributed by atoms with van der Waals surface area (Å²) < 4.78 is 9.75. The highest BCUT2D eigenvalue weighted by molar-refractivity contribution is 5.88. The number of nitrogens with two attached hydrogens (primary N) is 1. The van der Waals surface area contributed by atoms with E-state index in [4.69, 9.17) is 10.5 Å². The molecular weight excluding hydrogens is 270 g/mol. The second kappa shape index (κ2) is 6.60. The summed E-state index contributed by atoms with van der Waals surface area (Å²) in [6.07, 6.45) is 1.55. The number of nitrogens with one attached hydrogen (secondary N) is 1. The largest absolute Gasteiger partial charge is 0.495 e. The molecule has 3 N–H and O–H groups in total. The molecule has 6 heteroatoms. The summed E-state index contributed by atoms with van der Waals surface area (Å²) in [6, 6.07) is 9.00. The first kappa shape index (κ1) is 14.6. The Morgan fingerprint density at radius 1 is 1.29 bits per heavy atom. The Labute approximate surface area is 122 Å². The molecule has 0 radical (unpaired) electrons. The van der Waals surface area contributed by atoms with Crippen LogP contribution in [0.5, 0.6) is 5.75 Å². The van der Waals surface area contributed by atoms with Gasteiger partial charge in [0.15, 0.2) is 0 Å². The topological polar surface area (TPSA) is 86.5 Å². The van der Waals surface area contributed by atoms with Crippen LogP contribution in [0.4, 0.5) is 11.4 Å². The fourth-order valence-electron chi connectivity index (χ4n) is 1.85. The third kappa shape index (κ3) is 3.62. The lowest BCUT2D eigenvalue weighted by Gasteiger charge is -2.10. The van der Waals surface area contributed by atoms with Gasteiger partial charge in [0.05, 0.1) is 19.9 Å². The van der Waals surface area contributed by atoms with E-state index >= 15 is 0 Å². The summed E-state index contributed by atoms with van der Waals surface area (Å²) in [5, 5.41) is 3.20. The minimum atomic E-state index is -0.465. The van der Waals surface area contributed by atoms with E-state index in [0.29, 0.717) is 18.0 Å². The second-order valence-electron chi connectivity index (χ2n) is 4.35. The normalized spacial score (nSPS) is 10.0. The zero-order valence-electron chi connectivity index (χ0n) is 11.9. The van der Waals surface area contributed by atoms with Crippen molar-refractivity contribution in [1.82, 2.24) is 4.98 Å². The Hall–Kier alpha value is -2.76. The molecule has 0 atom stereocenters. The van der Waals surface area contributed by atoms with Crippen LogP contribution in [-0.4, -0.2) is 25.2 Å². The van der Waals surface area contributed by atoms with Crippen molar-refractivity contribution in [3.8, 4) is 5.75 Å². The Balaban J connectivity index is 2.06. The van der Waals surface area contributed by atoms with Crippen molar-refractivity contribution >= 4 is 17.3 Å². The predicted molar refractivity (Wildman–Crippen MR) is 80.3 cm³/mol. The van der Waals surface area contributed by atoms with Gasteiger partial charge in [-0.15, -0.1) is 0 Å². The van der Waals surface area contributed by atoms with E-state index in [1.807, 2.05) is 18.2 Å². The number of anilines is 2. The lowest BCUT2D eigenvalue weighted by Crippen LogP contribution is -2.06. The van der Waals surface area contributed by atoms with Crippen LogP contribution in [0.1, 0.15) is 16.1 Å². The van der Waals surface area contributed by atoms with Crippen LogP contribution < -0.4 is 15.8 Å². The van der Waals surface area contributed by atoms with Gasteiger partial charge in [0.1, 0.15) is 11.4 Å². The van der Waals surface area contributed by atoms with E-state index in [1.54, 1.807) is 25.4 Å². The Bertz CT molecular complexity index is 644. The number of pyridine rings is 1. The van der Waals surface area contributed by atoms with Crippen LogP contribution in [0, 0.1) is 0 Å². The van der Waals surface area contributed by atoms with Gasteiger partial charge >= 0.3 is 5.97 Å². The number of hydrogen-bond donors (Lipinski definition) is 2. The van der Waals surface area contributed by atoms with Gasteiger partial charge < -0.3 is 20.5 Å². The van der Waals surface area contributed by atoms with Gasteiger partial charge in [-0.3, -0.25) is 0 Å². The molecule has 0 saturated heterocycles. The molecule has 0 fully saturated rings. The zero-order chi connectivity index (χ0) is 15.2. The molecule has 6 nitrogen and oxygen atoms in total. The number of rotatable bonds is 5. The first-order chi connectivity index (χ1) is 10.1. The minimum absolute atomic E-state index is 0.261. The smallest absolute Gasteiger partial charge is 0.356 e. The molecule has 0 aliphatic heterocycles. The Kier molecular flexibility index (Phi) is 4.61. The number of methoxy groups -OCH3 is 2. The SMILES string of the molecule is COC(=O)c1cc(NCc2ccc(OC)c(N)c2)ccn1. The highest BCUT2D eigenvalue weighted by Gasteiger charge is 2.07. The van der Waals surface area contributed by atoms with Crippen molar-refractivity contribution in [2.24, 2.45) is 0 Å². The monoisotopic (exact) mass is 287 g/mol. The number of aromatic nitrogens is 1. The standard InChI is InChI=1S/C15H17N3O3/c1-20-14-4-3-10(7-12(14)16)9-18-11-5-6-17-13(8-11)15(19)21-2/h3-8H,9,16H2,1-2H3,(H,17,18). The average Bonchev–Trinajstić information content (AvgIpc) is 2.52. The van der Waals surface area contributed by atoms with E-state index in [0.717, 1.165) is 11.3 Å². The highest BCUT2D eigenvalue weighted by atomic mass is 16.5. The highest BCUT2D eigenvalue weighted by Crippen LogP contribution is 2.22. The van der Waals surface area contributed by atoms with Gasteiger partial charge in [0.2, 0.25) is 0 Å². The van der Waals surface area contributed by atoms with E-state index in [9.17, 15) is 4.79 Å². The molecule has 1 aromatic carbocycles. The van der Waals surface area contributed by atoms with E-state index in [2.05, 4.69) is 15.0 Å². The van der Waals surface area contributed by atoms with E-state index in [1.165, 1.54) is 7.11 Å². The fourth-order valence-corrected chi connectivity index (χ4v) is 1.85. The summed E-state index contributed by atoms with van der Waals surface area (Å²) in [6.45, 7) is 0.568. The van der Waals surface area contributed by atoms with Crippen molar-refractivity contribution in [3.63, 3.8) is 0 Å². The molecule has 0 saturated carbocycles. The Morgan fingerprint density at radius 2 is 2.10 bits per heavy atom. The molecule has 21 heavy (non-hydrogen) atoms. The van der Waals surface area contributed by atoms with Gasteiger partial charge in [-0.1, -0.05) is 6.07 Å². The summed E-state index contributed by atoms with van der Waals surface area (Å²) in [4.78, 5) is 15.4. The maximum absolute atomic E-state index is 11.4. The number of carbonyl (C=O) groups is 1. The van der Waals surface area contributed by atoms with E-state index in [-0.39, 0.29) is 5.69 Å². The molecule has 1 aromatic heterocycles. The molecule has 0 aliphatic carbocycles. The third-order valence-corrected chi connectivity index (χ3v) is 2.95. The number of carbonyl (C=O) groups excluding carboxylic acids is 1. The van der Waals surface area contributed by atoms with Gasteiger partial charge in [-0.2, -0.15) is 0 Å². The first-order valence-corrected chi connectivity index (χ1v) is 6.34. The van der Waals surface area contributed by atoms with Gasteiger partial charge in [0, 0.05) is 18.4 Å². The number of hydrogen-bond acceptors (Lipinski definition) is 6. The van der Waals surface area contributed by atoms with Crippen molar-refractivity contribution < 1.29 is 14.3 Å². The molecule has 2 aromatic rings. The molecule has 0 amide bonds. The van der Waals surface area contributed by atoms with Gasteiger partial charge in [-0.05, 0) is 29.8 Å². The van der Waals surface area contributed by atoms with Crippen molar-refractivity contribution in [1.29, 1.82) is 0 Å². The fraction of sp³-hybridized carbons (Fsp3) is 0.200. The average molecular weight is 287 g/mol. The molecule has 110 valence electrons. The predicted octanol–water partition coefficient (Wildman–Crippen LogP) is 2.07. The van der Waals surface area contributed by atoms with Crippen LogP contribution in [-0.2, 0) is 11.3 Å². The first-order valence-electron chi connectivity index (χ1n) is 6.34. The summed E-state index contributed by atoms with van der Waals surface area (Å²) >= 11 is 0. The quantitative estimate of drug-likeness (QED) is 0.646. The molecule has 0 unspecified atom stereocenters. The number of benzene rings is 1. The summed E-state index contributed by atoms with van der Waals surface area (Å²) in [7, 11) is 2.90. The third-order valence-electron chi connectivity index (χ3n) is 2.95. The summed E-state index contributed by atoms with van der Waals surface area (Å²) in [5.41, 5.74) is 8.49. The molecule has 0 spiro atoms. The zero-order valence-corrected chi connectivity index (χ0v) is 11.9. The maximum atomic E-state index is 11.4. The van der Waals surface area contributed by atoms with Crippen LogP contribution >= 0.6 is 0 Å². The van der Waals surface area contributed by atoms with E-state index < -0.39 is 5.97 Å². The van der Waals surface area contributed by atoms with Gasteiger partial charge in [0.25, 0.3) is 0 Å². The second-order valence-corrected chi connectivity index (χ2v) is 4.35. The number of nitrogens with zero attached hydrogens (tertiary/aromatic N) is 1. The molecule has 2 rings (SSSR count). The number of ether oxygens (including phenoxy) is 2. The molecule has 0 bridgehead atoms. The van der Waals surface area contributed by atoms with Crippen LogP contribution in [0.3, 0.4) is 0 Å². The molecule has 0 aliphatic rings. The molecule has 1 heterocycles. The number of nitrogen functional groups attached to an aromatic ring is 1. The summed E-state index contributed by atoms with van der Waals surface area (Å²) in [5.74, 6) is 0.183. The lowest BCUT2D eigenvalue weighted by atomic mass is 10.2.